The highest BCUT2D eigenvalue weighted by molar-refractivity contribution is 5.99. The quantitative estimate of drug-likeness (QED) is 0.668. The molecule has 2 amide bonds. The molecule has 1 saturated heterocycles. The lowest BCUT2D eigenvalue weighted by molar-refractivity contribution is -0.121. The number of para-hydroxylation sites is 1. The maximum atomic E-state index is 13.2. The predicted octanol–water partition coefficient (Wildman–Crippen LogP) is 0.157. The average molecular weight is 223 g/mol. The number of carbonyl (C=O) groups excluding carboxylic acids is 2. The number of amides is 2. The number of nitrogens with one attached hydrogen (secondary N) is 3. The van der Waals surface area contributed by atoms with E-state index >= 15 is 0 Å². The molecule has 0 spiro atoms. The zero-order chi connectivity index (χ0) is 11.5. The monoisotopic (exact) mass is 223 g/mol. The van der Waals surface area contributed by atoms with Gasteiger partial charge in [0.25, 0.3) is 0 Å². The molecule has 1 unspecified atom stereocenters. The van der Waals surface area contributed by atoms with Gasteiger partial charge in [-0.2, -0.15) is 0 Å². The Morgan fingerprint density at radius 3 is 2.81 bits per heavy atom. The molecule has 16 heavy (non-hydrogen) atoms. The van der Waals surface area contributed by atoms with Crippen LogP contribution in [0.25, 0.3) is 0 Å². The standard InChI is InChI=1S/C10H10FN3O2/c11-6-3-1-2-4-7(6)12-10(16)8-5-9(15)14-13-8/h1-4,8,13H,5H2,(H,12,16)(H,14,15). The van der Waals surface area contributed by atoms with E-state index in [1.54, 1.807) is 6.07 Å². The first kappa shape index (κ1) is 10.6. The lowest BCUT2D eigenvalue weighted by atomic mass is 10.2. The van der Waals surface area contributed by atoms with E-state index < -0.39 is 17.8 Å². The van der Waals surface area contributed by atoms with Gasteiger partial charge < -0.3 is 5.32 Å². The van der Waals surface area contributed by atoms with Gasteiger partial charge in [0.05, 0.1) is 12.1 Å². The smallest absolute Gasteiger partial charge is 0.243 e. The molecule has 1 heterocycles. The summed E-state index contributed by atoms with van der Waals surface area (Å²) in [6.07, 6.45) is 0.0558. The molecule has 1 aromatic rings. The summed E-state index contributed by atoms with van der Waals surface area (Å²) in [4.78, 5) is 22.4. The fraction of sp³-hybridized carbons (Fsp3) is 0.200. The van der Waals surface area contributed by atoms with Crippen LogP contribution in [0.15, 0.2) is 24.3 Å². The van der Waals surface area contributed by atoms with Gasteiger partial charge in [0.1, 0.15) is 11.9 Å². The molecule has 2 rings (SSSR count). The van der Waals surface area contributed by atoms with Crippen LogP contribution in [-0.2, 0) is 9.59 Å². The fourth-order valence-corrected chi connectivity index (χ4v) is 1.40. The molecule has 1 fully saturated rings. The molecule has 0 saturated carbocycles. The van der Waals surface area contributed by atoms with E-state index in [0.717, 1.165) is 0 Å². The minimum Gasteiger partial charge on any atom is -0.322 e. The highest BCUT2D eigenvalue weighted by Crippen LogP contribution is 2.13. The summed E-state index contributed by atoms with van der Waals surface area (Å²) in [6.45, 7) is 0. The molecule has 0 bridgehead atoms. The second-order valence-corrected chi connectivity index (χ2v) is 3.42. The van der Waals surface area contributed by atoms with Crippen molar-refractivity contribution in [2.45, 2.75) is 12.5 Å². The van der Waals surface area contributed by atoms with Gasteiger partial charge >= 0.3 is 0 Å². The Balaban J connectivity index is 2.03. The third-order valence-corrected chi connectivity index (χ3v) is 2.22. The second kappa shape index (κ2) is 4.28. The van der Waals surface area contributed by atoms with Crippen molar-refractivity contribution >= 4 is 17.5 Å². The van der Waals surface area contributed by atoms with Crippen molar-refractivity contribution in [1.82, 2.24) is 10.9 Å². The van der Waals surface area contributed by atoms with E-state index in [4.69, 9.17) is 0 Å². The number of carbonyl (C=O) groups is 2. The van der Waals surface area contributed by atoms with E-state index in [0.29, 0.717) is 0 Å². The summed E-state index contributed by atoms with van der Waals surface area (Å²) >= 11 is 0. The zero-order valence-electron chi connectivity index (χ0n) is 8.29. The van der Waals surface area contributed by atoms with Crippen LogP contribution in [0.5, 0.6) is 0 Å². The number of hydrogen-bond acceptors (Lipinski definition) is 3. The molecule has 1 aliphatic heterocycles. The Kier molecular flexibility index (Phi) is 2.82. The van der Waals surface area contributed by atoms with Gasteiger partial charge in [0.2, 0.25) is 11.8 Å². The van der Waals surface area contributed by atoms with E-state index in [1.165, 1.54) is 18.2 Å². The number of rotatable bonds is 2. The van der Waals surface area contributed by atoms with Gasteiger partial charge in [-0.25, -0.2) is 9.82 Å². The molecule has 0 aromatic heterocycles. The lowest BCUT2D eigenvalue weighted by Gasteiger charge is -2.10. The number of hydrazine groups is 1. The summed E-state index contributed by atoms with van der Waals surface area (Å²) in [6, 6.07) is 5.19. The normalized spacial score (nSPS) is 19.3. The molecular weight excluding hydrogens is 213 g/mol. The van der Waals surface area contributed by atoms with E-state index in [9.17, 15) is 14.0 Å². The molecular formula is C10H10FN3O2. The largest absolute Gasteiger partial charge is 0.322 e. The lowest BCUT2D eigenvalue weighted by Crippen LogP contribution is -2.39. The number of hydrogen-bond donors (Lipinski definition) is 3. The number of halogens is 1. The molecule has 6 heteroatoms. The van der Waals surface area contributed by atoms with Gasteiger partial charge in [0.15, 0.2) is 0 Å². The van der Waals surface area contributed by atoms with Gasteiger partial charge in [-0.15, -0.1) is 0 Å². The Morgan fingerprint density at radius 1 is 1.44 bits per heavy atom. The third-order valence-electron chi connectivity index (χ3n) is 2.22. The molecule has 1 atom stereocenters. The van der Waals surface area contributed by atoms with Crippen LogP contribution in [0.1, 0.15) is 6.42 Å². The Morgan fingerprint density at radius 2 is 2.19 bits per heavy atom. The summed E-state index contributed by atoms with van der Waals surface area (Å²) < 4.78 is 13.2. The Bertz CT molecular complexity index is 436. The highest BCUT2D eigenvalue weighted by atomic mass is 19.1. The van der Waals surface area contributed by atoms with Crippen molar-refractivity contribution in [2.24, 2.45) is 0 Å². The highest BCUT2D eigenvalue weighted by Gasteiger charge is 2.27. The molecule has 5 nitrogen and oxygen atoms in total. The summed E-state index contributed by atoms with van der Waals surface area (Å²) in [5.41, 5.74) is 4.92. The minimum atomic E-state index is -0.660. The second-order valence-electron chi connectivity index (χ2n) is 3.42. The van der Waals surface area contributed by atoms with Gasteiger partial charge in [0, 0.05) is 0 Å². The van der Waals surface area contributed by atoms with Crippen LogP contribution in [0.4, 0.5) is 10.1 Å². The van der Waals surface area contributed by atoms with Crippen molar-refractivity contribution < 1.29 is 14.0 Å². The first-order valence-corrected chi connectivity index (χ1v) is 4.76. The first-order valence-electron chi connectivity index (χ1n) is 4.76. The topological polar surface area (TPSA) is 70.2 Å². The van der Waals surface area contributed by atoms with Gasteiger partial charge in [-0.05, 0) is 12.1 Å². The molecule has 3 N–H and O–H groups in total. The number of anilines is 1. The Labute approximate surface area is 91.0 Å². The number of benzene rings is 1. The molecule has 0 radical (unpaired) electrons. The van der Waals surface area contributed by atoms with E-state index in [2.05, 4.69) is 16.2 Å². The fourth-order valence-electron chi connectivity index (χ4n) is 1.40. The minimum absolute atomic E-state index is 0.0558. The van der Waals surface area contributed by atoms with Gasteiger partial charge in [-0.1, -0.05) is 12.1 Å². The van der Waals surface area contributed by atoms with Crippen LogP contribution in [-0.4, -0.2) is 17.9 Å². The van der Waals surface area contributed by atoms with Crippen molar-refractivity contribution in [3.63, 3.8) is 0 Å². The zero-order valence-corrected chi connectivity index (χ0v) is 8.29. The molecule has 1 aliphatic rings. The van der Waals surface area contributed by atoms with Crippen LogP contribution < -0.4 is 16.2 Å². The van der Waals surface area contributed by atoms with Crippen LogP contribution in [0.2, 0.25) is 0 Å². The van der Waals surface area contributed by atoms with E-state index in [1.807, 2.05) is 0 Å². The van der Waals surface area contributed by atoms with Crippen LogP contribution in [0, 0.1) is 5.82 Å². The third kappa shape index (κ3) is 2.17. The maximum Gasteiger partial charge on any atom is 0.243 e. The molecule has 84 valence electrons. The summed E-state index contributed by atoms with van der Waals surface area (Å²) in [7, 11) is 0. The van der Waals surface area contributed by atoms with Crippen molar-refractivity contribution in [2.75, 3.05) is 5.32 Å². The molecule has 1 aromatic carbocycles. The van der Waals surface area contributed by atoms with Crippen molar-refractivity contribution in [1.29, 1.82) is 0 Å². The SMILES string of the molecule is O=C1CC(C(=O)Nc2ccccc2F)NN1. The maximum absolute atomic E-state index is 13.2. The Hall–Kier alpha value is -1.95. The van der Waals surface area contributed by atoms with Crippen molar-refractivity contribution in [3.8, 4) is 0 Å². The van der Waals surface area contributed by atoms with Crippen LogP contribution >= 0.6 is 0 Å². The average Bonchev–Trinajstić information content (AvgIpc) is 2.68. The molecule has 0 aliphatic carbocycles. The first-order chi connectivity index (χ1) is 7.66. The van der Waals surface area contributed by atoms with Crippen molar-refractivity contribution in [3.05, 3.63) is 30.1 Å². The summed E-state index contributed by atoms with van der Waals surface area (Å²) in [5, 5.41) is 2.40. The van der Waals surface area contributed by atoms with Gasteiger partial charge in [-0.3, -0.25) is 15.0 Å². The van der Waals surface area contributed by atoms with Crippen LogP contribution in [0.3, 0.4) is 0 Å². The van der Waals surface area contributed by atoms with E-state index in [-0.39, 0.29) is 18.0 Å². The summed E-state index contributed by atoms with van der Waals surface area (Å²) in [5.74, 6) is -1.20. The predicted molar refractivity (Wildman–Crippen MR) is 54.7 cm³/mol.